The number of rotatable bonds is 4. The number of nitrogens with zero attached hydrogens (tertiary/aromatic N) is 3. The summed E-state index contributed by atoms with van der Waals surface area (Å²) in [7, 11) is 1.62. The molecule has 29 heavy (non-hydrogen) atoms. The summed E-state index contributed by atoms with van der Waals surface area (Å²) in [6.45, 7) is 3.89. The van der Waals surface area contributed by atoms with Crippen LogP contribution in [-0.4, -0.2) is 33.1 Å². The quantitative estimate of drug-likeness (QED) is 0.594. The number of methoxy groups -OCH3 is 1. The summed E-state index contributed by atoms with van der Waals surface area (Å²) >= 11 is 4.93. The Morgan fingerprint density at radius 1 is 1.21 bits per heavy atom. The van der Waals surface area contributed by atoms with E-state index < -0.39 is 5.25 Å². The Morgan fingerprint density at radius 2 is 1.97 bits per heavy atom. The van der Waals surface area contributed by atoms with Crippen molar-refractivity contribution in [1.29, 1.82) is 0 Å². The lowest BCUT2D eigenvalue weighted by Crippen LogP contribution is -2.41. The Morgan fingerprint density at radius 3 is 2.66 bits per heavy atom. The minimum atomic E-state index is -0.437. The van der Waals surface area contributed by atoms with Gasteiger partial charge in [-0.3, -0.25) is 4.79 Å². The fourth-order valence-electron chi connectivity index (χ4n) is 3.14. The molecule has 0 unspecified atom stereocenters. The first-order valence-corrected chi connectivity index (χ1v) is 10.7. The molecule has 1 aliphatic rings. The molecule has 0 aliphatic carbocycles. The van der Waals surface area contributed by atoms with E-state index in [9.17, 15) is 4.79 Å². The summed E-state index contributed by atoms with van der Waals surface area (Å²) < 4.78 is 7.99. The Balaban J connectivity index is 1.67. The summed E-state index contributed by atoms with van der Waals surface area (Å²) in [6, 6.07) is 13.3. The molecule has 2 N–H and O–H groups in total. The van der Waals surface area contributed by atoms with Crippen LogP contribution in [0.5, 0.6) is 5.75 Å². The van der Waals surface area contributed by atoms with E-state index in [-0.39, 0.29) is 11.9 Å². The van der Waals surface area contributed by atoms with Crippen LogP contribution in [-0.2, 0) is 4.79 Å². The average Bonchev–Trinajstić information content (AvgIpc) is 3.08. The lowest BCUT2D eigenvalue weighted by atomic mass is 10.0. The van der Waals surface area contributed by atoms with Crippen LogP contribution in [0.3, 0.4) is 0 Å². The Labute approximate surface area is 181 Å². The molecule has 0 spiro atoms. The molecule has 0 saturated carbocycles. The van der Waals surface area contributed by atoms with Crippen LogP contribution in [0.2, 0.25) is 0 Å². The number of thioether (sulfide) groups is 1. The number of halogens is 1. The number of nitrogens with one attached hydrogen (secondary N) is 2. The first kappa shape index (κ1) is 19.8. The second kappa shape index (κ2) is 8.08. The third-order valence-electron chi connectivity index (χ3n) is 4.71. The third kappa shape index (κ3) is 3.97. The number of amides is 1. The topological polar surface area (TPSA) is 81.1 Å². The van der Waals surface area contributed by atoms with E-state index in [0.717, 1.165) is 32.9 Å². The van der Waals surface area contributed by atoms with Gasteiger partial charge in [0.25, 0.3) is 0 Å². The van der Waals surface area contributed by atoms with Crippen molar-refractivity contribution in [2.75, 3.05) is 17.9 Å². The van der Waals surface area contributed by atoms with E-state index in [1.807, 2.05) is 61.0 Å². The maximum Gasteiger partial charge on any atom is 0.240 e. The molecule has 9 heteroatoms. The van der Waals surface area contributed by atoms with Crippen molar-refractivity contribution in [3.63, 3.8) is 0 Å². The van der Waals surface area contributed by atoms with Crippen LogP contribution < -0.4 is 15.5 Å². The zero-order chi connectivity index (χ0) is 20.5. The second-order valence-corrected chi connectivity index (χ2v) is 8.72. The highest BCUT2D eigenvalue weighted by molar-refractivity contribution is 9.10. The summed E-state index contributed by atoms with van der Waals surface area (Å²) in [4.78, 5) is 13.2. The number of fused-ring (bicyclic) bond motifs is 1. The number of aromatic nitrogens is 3. The minimum absolute atomic E-state index is 0.102. The number of benzene rings is 2. The molecule has 1 aromatic heterocycles. The van der Waals surface area contributed by atoms with Crippen molar-refractivity contribution in [2.45, 2.75) is 30.3 Å². The third-order valence-corrected chi connectivity index (χ3v) is 6.55. The summed E-state index contributed by atoms with van der Waals surface area (Å²) in [5, 5.41) is 11.6. The molecule has 1 aliphatic heterocycles. The number of hydrogen-bond acceptors (Lipinski definition) is 6. The van der Waals surface area contributed by atoms with Gasteiger partial charge in [-0.25, -0.2) is 4.68 Å². The van der Waals surface area contributed by atoms with Crippen molar-refractivity contribution < 1.29 is 9.53 Å². The summed E-state index contributed by atoms with van der Waals surface area (Å²) in [6.07, 6.45) is 0. The zero-order valence-corrected chi connectivity index (χ0v) is 18.5. The van der Waals surface area contributed by atoms with Crippen LogP contribution >= 0.6 is 27.7 Å². The lowest BCUT2D eigenvalue weighted by molar-refractivity contribution is -0.116. The van der Waals surface area contributed by atoms with Gasteiger partial charge in [-0.15, -0.1) is 10.2 Å². The van der Waals surface area contributed by atoms with E-state index >= 15 is 0 Å². The molecular weight excluding hydrogens is 454 g/mol. The van der Waals surface area contributed by atoms with E-state index in [2.05, 4.69) is 36.9 Å². The molecule has 7 nitrogen and oxygen atoms in total. The fourth-order valence-corrected chi connectivity index (χ4v) is 4.82. The van der Waals surface area contributed by atoms with E-state index in [4.69, 9.17) is 4.74 Å². The van der Waals surface area contributed by atoms with Crippen molar-refractivity contribution in [1.82, 2.24) is 14.9 Å². The van der Waals surface area contributed by atoms with Crippen molar-refractivity contribution in [3.05, 3.63) is 63.9 Å². The number of carbonyl (C=O) groups is 1. The molecule has 0 bridgehead atoms. The molecule has 2 aromatic carbocycles. The monoisotopic (exact) mass is 473 g/mol. The van der Waals surface area contributed by atoms with Crippen LogP contribution in [0.4, 0.5) is 5.69 Å². The summed E-state index contributed by atoms with van der Waals surface area (Å²) in [5.41, 5.74) is 6.26. The van der Waals surface area contributed by atoms with Crippen LogP contribution in [0, 0.1) is 13.8 Å². The first-order chi connectivity index (χ1) is 14.0. The number of hydrogen-bond donors (Lipinski definition) is 2. The molecule has 150 valence electrons. The molecule has 0 fully saturated rings. The highest BCUT2D eigenvalue weighted by atomic mass is 79.9. The first-order valence-electron chi connectivity index (χ1n) is 9.02. The van der Waals surface area contributed by atoms with Gasteiger partial charge in [0.05, 0.1) is 17.6 Å². The average molecular weight is 474 g/mol. The molecule has 4 rings (SSSR count). The van der Waals surface area contributed by atoms with Gasteiger partial charge in [0, 0.05) is 5.69 Å². The van der Waals surface area contributed by atoms with Gasteiger partial charge in [0.2, 0.25) is 11.1 Å². The smallest absolute Gasteiger partial charge is 0.240 e. The maximum absolute atomic E-state index is 13.2. The van der Waals surface area contributed by atoms with Gasteiger partial charge in [-0.2, -0.15) is 0 Å². The molecule has 0 saturated heterocycles. The van der Waals surface area contributed by atoms with Crippen molar-refractivity contribution >= 4 is 39.3 Å². The van der Waals surface area contributed by atoms with Gasteiger partial charge in [0.1, 0.15) is 16.8 Å². The molecule has 2 atom stereocenters. The van der Waals surface area contributed by atoms with Gasteiger partial charge in [-0.05, 0) is 59.6 Å². The highest BCUT2D eigenvalue weighted by Gasteiger charge is 2.37. The molecular formula is C20H20BrN5O2S. The van der Waals surface area contributed by atoms with Crippen LogP contribution in [0.1, 0.15) is 23.0 Å². The SMILES string of the molecule is COc1ccc([C@@H]2Nn3c(C)nnc3S[C@@H]2C(=O)Nc2ccc(C)cc2)cc1Br. The van der Waals surface area contributed by atoms with E-state index in [1.54, 1.807) is 7.11 Å². The van der Waals surface area contributed by atoms with E-state index in [1.165, 1.54) is 11.8 Å². The maximum atomic E-state index is 13.2. The van der Waals surface area contributed by atoms with Crippen molar-refractivity contribution in [2.24, 2.45) is 0 Å². The Bertz CT molecular complexity index is 1050. The molecule has 1 amide bonds. The van der Waals surface area contributed by atoms with E-state index in [0.29, 0.717) is 5.16 Å². The summed E-state index contributed by atoms with van der Waals surface area (Å²) in [5.74, 6) is 1.37. The second-order valence-electron chi connectivity index (χ2n) is 6.76. The van der Waals surface area contributed by atoms with Gasteiger partial charge < -0.3 is 15.5 Å². The number of anilines is 1. The lowest BCUT2D eigenvalue weighted by Gasteiger charge is -2.33. The largest absolute Gasteiger partial charge is 0.496 e. The minimum Gasteiger partial charge on any atom is -0.496 e. The molecule has 2 heterocycles. The highest BCUT2D eigenvalue weighted by Crippen LogP contribution is 2.39. The zero-order valence-electron chi connectivity index (χ0n) is 16.1. The van der Waals surface area contributed by atoms with Crippen LogP contribution in [0.15, 0.2) is 52.1 Å². The normalized spacial score (nSPS) is 17.9. The Kier molecular flexibility index (Phi) is 5.51. The van der Waals surface area contributed by atoms with Gasteiger partial charge in [0.15, 0.2) is 0 Å². The number of ether oxygens (including phenoxy) is 1. The number of aryl methyl sites for hydroxylation is 2. The predicted octanol–water partition coefficient (Wildman–Crippen LogP) is 4.06. The Hall–Kier alpha value is -2.52. The number of carbonyl (C=O) groups excluding carboxylic acids is 1. The van der Waals surface area contributed by atoms with Gasteiger partial charge >= 0.3 is 0 Å². The van der Waals surface area contributed by atoms with Crippen molar-refractivity contribution in [3.8, 4) is 5.75 Å². The molecule has 3 aromatic rings. The van der Waals surface area contributed by atoms with Gasteiger partial charge in [-0.1, -0.05) is 35.5 Å². The fraction of sp³-hybridized carbons (Fsp3) is 0.250. The molecule has 0 radical (unpaired) electrons. The predicted molar refractivity (Wildman–Crippen MR) is 117 cm³/mol. The standard InChI is InChI=1S/C20H20BrN5O2S/c1-11-4-7-14(8-5-11)22-19(27)18-17(13-6-9-16(28-3)15(21)10-13)25-26-12(2)23-24-20(26)29-18/h4-10,17-18,25H,1-3H3,(H,22,27)/t17-,18-/m0/s1. The van der Waals surface area contributed by atoms with Crippen LogP contribution in [0.25, 0.3) is 0 Å².